The molecule has 1 N–H and O–H groups in total. The van der Waals surface area contributed by atoms with Crippen molar-refractivity contribution >= 4 is 55.7 Å². The Morgan fingerprint density at radius 3 is 2.75 bits per heavy atom. The molecule has 1 amide bonds. The summed E-state index contributed by atoms with van der Waals surface area (Å²) in [5.41, 5.74) is 3.02. The first kappa shape index (κ1) is 23.0. The molecule has 0 aliphatic carbocycles. The quantitative estimate of drug-likeness (QED) is 0.386. The topological polar surface area (TPSA) is 58.6 Å². The van der Waals surface area contributed by atoms with Crippen LogP contribution < -0.4 is 5.32 Å². The van der Waals surface area contributed by atoms with Gasteiger partial charge in [0.25, 0.3) is 5.91 Å². The van der Waals surface area contributed by atoms with E-state index < -0.39 is 5.97 Å². The highest BCUT2D eigenvalue weighted by Crippen LogP contribution is 2.38. The second-order valence-corrected chi connectivity index (χ2v) is 9.88. The Hall–Kier alpha value is -2.19. The molecule has 2 aromatic carbocycles. The number of carbonyl (C=O) groups excluding carboxylic acids is 2. The lowest BCUT2D eigenvalue weighted by atomic mass is 10.0. The first-order chi connectivity index (χ1) is 15.5. The first-order valence-corrected chi connectivity index (χ1v) is 12.3. The second-order valence-electron chi connectivity index (χ2n) is 7.45. The Kier molecular flexibility index (Phi) is 7.30. The maximum atomic E-state index is 13.0. The number of esters is 1. The van der Waals surface area contributed by atoms with Crippen LogP contribution in [0.3, 0.4) is 0 Å². The summed E-state index contributed by atoms with van der Waals surface area (Å²) in [6.45, 7) is 4.43. The van der Waals surface area contributed by atoms with Gasteiger partial charge in [-0.15, -0.1) is 11.3 Å². The van der Waals surface area contributed by atoms with Crippen molar-refractivity contribution in [1.29, 1.82) is 0 Å². The minimum absolute atomic E-state index is 0.272. The highest BCUT2D eigenvalue weighted by Gasteiger charge is 2.30. The van der Waals surface area contributed by atoms with Gasteiger partial charge in [-0.1, -0.05) is 57.9 Å². The molecule has 166 valence electrons. The molecule has 8 heteroatoms. The number of benzene rings is 2. The van der Waals surface area contributed by atoms with Crippen LogP contribution in [0, 0.1) is 0 Å². The molecule has 0 radical (unpaired) electrons. The van der Waals surface area contributed by atoms with Crippen LogP contribution in [-0.4, -0.2) is 29.9 Å². The van der Waals surface area contributed by atoms with Gasteiger partial charge in [-0.3, -0.25) is 9.69 Å². The smallest absolute Gasteiger partial charge is 0.341 e. The predicted molar refractivity (Wildman–Crippen MR) is 132 cm³/mol. The molecular weight excluding hydrogens is 512 g/mol. The summed E-state index contributed by atoms with van der Waals surface area (Å²) < 4.78 is 6.06. The number of thiophene rings is 1. The lowest BCUT2D eigenvalue weighted by molar-refractivity contribution is 0.0526. The minimum Gasteiger partial charge on any atom is -0.462 e. The van der Waals surface area contributed by atoms with Crippen LogP contribution in [0.4, 0.5) is 5.00 Å². The molecule has 0 saturated heterocycles. The van der Waals surface area contributed by atoms with E-state index in [4.69, 9.17) is 16.3 Å². The monoisotopic (exact) mass is 532 g/mol. The van der Waals surface area contributed by atoms with Crippen molar-refractivity contribution in [2.75, 3.05) is 18.5 Å². The number of carbonyl (C=O) groups is 2. The first-order valence-electron chi connectivity index (χ1n) is 10.3. The van der Waals surface area contributed by atoms with Crippen LogP contribution >= 0.6 is 38.9 Å². The number of anilines is 1. The molecule has 3 aromatic rings. The Labute approximate surface area is 204 Å². The van der Waals surface area contributed by atoms with E-state index in [1.807, 2.05) is 18.2 Å². The van der Waals surface area contributed by atoms with Crippen molar-refractivity contribution in [2.24, 2.45) is 0 Å². The fourth-order valence-corrected chi connectivity index (χ4v) is 5.62. The molecule has 5 nitrogen and oxygen atoms in total. The number of rotatable bonds is 6. The third-order valence-electron chi connectivity index (χ3n) is 5.26. The Morgan fingerprint density at radius 2 is 2.00 bits per heavy atom. The zero-order valence-corrected chi connectivity index (χ0v) is 20.6. The predicted octanol–water partition coefficient (Wildman–Crippen LogP) is 6.15. The van der Waals surface area contributed by atoms with E-state index in [1.165, 1.54) is 16.9 Å². The van der Waals surface area contributed by atoms with Gasteiger partial charge in [-0.05, 0) is 42.7 Å². The van der Waals surface area contributed by atoms with Gasteiger partial charge in [-0.25, -0.2) is 4.79 Å². The lowest BCUT2D eigenvalue weighted by Crippen LogP contribution is -2.29. The molecule has 4 rings (SSSR count). The fourth-order valence-electron chi connectivity index (χ4n) is 3.78. The molecule has 0 saturated carbocycles. The number of amides is 1. The third-order valence-corrected chi connectivity index (χ3v) is 7.22. The van der Waals surface area contributed by atoms with Gasteiger partial charge >= 0.3 is 5.97 Å². The average Bonchev–Trinajstić information content (AvgIpc) is 3.13. The summed E-state index contributed by atoms with van der Waals surface area (Å²) in [5, 5.41) is 3.77. The fraction of sp³-hybridized carbons (Fsp3) is 0.250. The second kappa shape index (κ2) is 10.2. The number of fused-ring (bicyclic) bond motifs is 1. The number of nitrogens with zero attached hydrogens (tertiary/aromatic N) is 1. The van der Waals surface area contributed by atoms with Crippen molar-refractivity contribution in [3.05, 3.63) is 85.2 Å². The number of halogens is 2. The standard InChI is InChI=1S/C24H22BrClN2O3S/c1-2-31-24(30)21-17-10-11-28(13-15-6-4-3-5-7-15)14-20(17)32-23(21)27-22(29)18-12-16(25)8-9-19(18)26/h3-9,12H,2,10-11,13-14H2,1H3,(H,27,29). The van der Waals surface area contributed by atoms with E-state index in [-0.39, 0.29) is 12.5 Å². The van der Waals surface area contributed by atoms with Crippen LogP contribution in [-0.2, 0) is 24.2 Å². The molecule has 2 heterocycles. The maximum Gasteiger partial charge on any atom is 0.341 e. The van der Waals surface area contributed by atoms with Crippen LogP contribution in [0.2, 0.25) is 5.02 Å². The summed E-state index contributed by atoms with van der Waals surface area (Å²) in [6.07, 6.45) is 0.723. The van der Waals surface area contributed by atoms with Crippen LogP contribution in [0.5, 0.6) is 0 Å². The van der Waals surface area contributed by atoms with E-state index in [1.54, 1.807) is 25.1 Å². The summed E-state index contributed by atoms with van der Waals surface area (Å²) in [4.78, 5) is 29.2. The van der Waals surface area contributed by atoms with Crippen LogP contribution in [0.1, 0.15) is 43.6 Å². The molecule has 0 fully saturated rings. The zero-order chi connectivity index (χ0) is 22.7. The van der Waals surface area contributed by atoms with Crippen molar-refractivity contribution in [3.63, 3.8) is 0 Å². The Bertz CT molecular complexity index is 1150. The molecule has 1 aromatic heterocycles. The van der Waals surface area contributed by atoms with E-state index >= 15 is 0 Å². The van der Waals surface area contributed by atoms with Crippen molar-refractivity contribution in [1.82, 2.24) is 4.90 Å². The van der Waals surface area contributed by atoms with E-state index in [0.29, 0.717) is 21.2 Å². The number of nitrogens with one attached hydrogen (secondary N) is 1. The van der Waals surface area contributed by atoms with Crippen molar-refractivity contribution in [3.8, 4) is 0 Å². The Morgan fingerprint density at radius 1 is 1.22 bits per heavy atom. The maximum absolute atomic E-state index is 13.0. The van der Waals surface area contributed by atoms with E-state index in [2.05, 4.69) is 38.3 Å². The highest BCUT2D eigenvalue weighted by atomic mass is 79.9. The minimum atomic E-state index is -0.405. The normalized spacial score (nSPS) is 13.5. The largest absolute Gasteiger partial charge is 0.462 e. The summed E-state index contributed by atoms with van der Waals surface area (Å²) >= 11 is 11.0. The molecule has 1 aliphatic heterocycles. The summed E-state index contributed by atoms with van der Waals surface area (Å²) in [7, 11) is 0. The molecule has 0 bridgehead atoms. The third kappa shape index (κ3) is 5.07. The average molecular weight is 534 g/mol. The van der Waals surface area contributed by atoms with Crippen molar-refractivity contribution in [2.45, 2.75) is 26.4 Å². The highest BCUT2D eigenvalue weighted by molar-refractivity contribution is 9.10. The summed E-state index contributed by atoms with van der Waals surface area (Å²) in [5.74, 6) is -0.765. The SMILES string of the molecule is CCOC(=O)c1c(NC(=O)c2cc(Br)ccc2Cl)sc2c1CCN(Cc1ccccc1)C2. The molecule has 1 aliphatic rings. The number of hydrogen-bond acceptors (Lipinski definition) is 5. The zero-order valence-electron chi connectivity index (χ0n) is 17.5. The lowest BCUT2D eigenvalue weighted by Gasteiger charge is -2.27. The van der Waals surface area contributed by atoms with Crippen molar-refractivity contribution < 1.29 is 14.3 Å². The molecule has 0 atom stereocenters. The molecule has 32 heavy (non-hydrogen) atoms. The molecular formula is C24H22BrClN2O3S. The van der Waals surface area contributed by atoms with Gasteiger partial charge in [0.1, 0.15) is 5.00 Å². The van der Waals surface area contributed by atoms with E-state index in [9.17, 15) is 9.59 Å². The van der Waals surface area contributed by atoms with E-state index in [0.717, 1.165) is 41.0 Å². The Balaban J connectivity index is 1.62. The van der Waals surface area contributed by atoms with Gasteiger partial charge in [0.2, 0.25) is 0 Å². The number of hydrogen-bond donors (Lipinski definition) is 1. The molecule has 0 unspecified atom stereocenters. The van der Waals surface area contributed by atoms with Gasteiger partial charge in [0, 0.05) is 29.0 Å². The van der Waals surface area contributed by atoms with Gasteiger partial charge in [-0.2, -0.15) is 0 Å². The van der Waals surface area contributed by atoms with Gasteiger partial charge < -0.3 is 10.1 Å². The summed E-state index contributed by atoms with van der Waals surface area (Å²) in [6, 6.07) is 15.4. The number of ether oxygens (including phenoxy) is 1. The van der Waals surface area contributed by atoms with Crippen LogP contribution in [0.15, 0.2) is 53.0 Å². The van der Waals surface area contributed by atoms with Crippen LogP contribution in [0.25, 0.3) is 0 Å². The molecule has 0 spiro atoms. The van der Waals surface area contributed by atoms with Gasteiger partial charge in [0.05, 0.1) is 22.8 Å². The van der Waals surface area contributed by atoms with Gasteiger partial charge in [0.15, 0.2) is 0 Å².